The Morgan fingerprint density at radius 1 is 1.28 bits per heavy atom. The van der Waals surface area contributed by atoms with Crippen molar-refractivity contribution < 1.29 is 0 Å². The minimum atomic E-state index is 0.456. The first-order valence-electron chi connectivity index (χ1n) is 9.38. The van der Waals surface area contributed by atoms with Gasteiger partial charge in [-0.25, -0.2) is 0 Å². The van der Waals surface area contributed by atoms with Crippen LogP contribution in [0.3, 0.4) is 0 Å². The van der Waals surface area contributed by atoms with Crippen LogP contribution in [-0.2, 0) is 0 Å². The van der Waals surface area contributed by atoms with Crippen LogP contribution in [0, 0.1) is 18.3 Å². The molecule has 1 aliphatic rings. The van der Waals surface area contributed by atoms with Gasteiger partial charge in [0.2, 0.25) is 0 Å². The largest absolute Gasteiger partial charge is 0.398 e. The number of anilines is 1. The molecule has 1 aromatic rings. The summed E-state index contributed by atoms with van der Waals surface area (Å²) in [4.78, 5) is 0. The summed E-state index contributed by atoms with van der Waals surface area (Å²) < 4.78 is 0. The van der Waals surface area contributed by atoms with Crippen molar-refractivity contribution in [1.29, 1.82) is 0 Å². The van der Waals surface area contributed by atoms with Crippen LogP contribution in [0.5, 0.6) is 0 Å². The predicted molar refractivity (Wildman–Crippen MR) is 111 cm³/mol. The fraction of sp³-hybridized carbons (Fsp3) is 0.478. The predicted octanol–water partition coefficient (Wildman–Crippen LogP) is 5.64. The topological polar surface area (TPSA) is 52.0 Å². The Hall–Kier alpha value is -1.80. The summed E-state index contributed by atoms with van der Waals surface area (Å²) in [5.41, 5.74) is 19.7. The molecule has 2 nitrogen and oxygen atoms in total. The van der Waals surface area contributed by atoms with Crippen LogP contribution in [0.25, 0.3) is 5.57 Å². The summed E-state index contributed by atoms with van der Waals surface area (Å²) in [6.45, 7) is 13.6. The summed E-state index contributed by atoms with van der Waals surface area (Å²) >= 11 is 0. The van der Waals surface area contributed by atoms with Gasteiger partial charge in [-0.1, -0.05) is 44.7 Å². The minimum Gasteiger partial charge on any atom is -0.398 e. The van der Waals surface area contributed by atoms with E-state index in [4.69, 9.17) is 11.5 Å². The summed E-state index contributed by atoms with van der Waals surface area (Å²) in [6.07, 6.45) is 9.19. The molecular weight excluding hydrogens is 304 g/mol. The lowest BCUT2D eigenvalue weighted by molar-refractivity contribution is 0.209. The van der Waals surface area contributed by atoms with Gasteiger partial charge in [0, 0.05) is 17.8 Å². The third kappa shape index (κ3) is 4.64. The second kappa shape index (κ2) is 8.05. The van der Waals surface area contributed by atoms with Crippen LogP contribution in [0.4, 0.5) is 5.69 Å². The fourth-order valence-corrected chi connectivity index (χ4v) is 4.04. The van der Waals surface area contributed by atoms with E-state index in [1.54, 1.807) is 0 Å². The van der Waals surface area contributed by atoms with E-state index >= 15 is 0 Å². The second-order valence-electron chi connectivity index (χ2n) is 8.19. The second-order valence-corrected chi connectivity index (χ2v) is 8.19. The van der Waals surface area contributed by atoms with Crippen molar-refractivity contribution in [3.05, 3.63) is 59.2 Å². The molecule has 0 bridgehead atoms. The summed E-state index contributed by atoms with van der Waals surface area (Å²) in [5, 5.41) is 0. The maximum atomic E-state index is 6.25. The van der Waals surface area contributed by atoms with Gasteiger partial charge in [-0.2, -0.15) is 0 Å². The highest BCUT2D eigenvalue weighted by Crippen LogP contribution is 2.42. The monoisotopic (exact) mass is 338 g/mol. The normalized spacial score (nSPS) is 19.5. The quantitative estimate of drug-likeness (QED) is 0.539. The molecule has 2 rings (SSSR count). The van der Waals surface area contributed by atoms with Crippen molar-refractivity contribution >= 4 is 11.3 Å². The summed E-state index contributed by atoms with van der Waals surface area (Å²) in [5.74, 6) is 0.560. The van der Waals surface area contributed by atoms with E-state index in [9.17, 15) is 0 Å². The number of nitrogens with two attached hydrogens (primary N) is 2. The van der Waals surface area contributed by atoms with Gasteiger partial charge in [0.25, 0.3) is 0 Å². The lowest BCUT2D eigenvalue weighted by atomic mass is 9.70. The van der Waals surface area contributed by atoms with E-state index in [-0.39, 0.29) is 0 Å². The molecule has 0 aliphatic heterocycles. The summed E-state index contributed by atoms with van der Waals surface area (Å²) in [7, 11) is 0. The SMILES string of the molecule is C=C/C(CN)=C(\C=C(/C)c1c(C)cccc1N)C1CCC(C)(C)CC1. The van der Waals surface area contributed by atoms with Crippen molar-refractivity contribution in [2.24, 2.45) is 17.1 Å². The molecule has 4 N–H and O–H groups in total. The van der Waals surface area contributed by atoms with Gasteiger partial charge >= 0.3 is 0 Å². The molecule has 2 heteroatoms. The van der Waals surface area contributed by atoms with E-state index in [1.807, 2.05) is 18.2 Å². The zero-order valence-electron chi connectivity index (χ0n) is 16.4. The molecule has 0 atom stereocenters. The molecule has 1 fully saturated rings. The minimum absolute atomic E-state index is 0.456. The first-order valence-corrected chi connectivity index (χ1v) is 9.38. The molecule has 25 heavy (non-hydrogen) atoms. The van der Waals surface area contributed by atoms with Gasteiger partial charge in [0.15, 0.2) is 0 Å². The molecular formula is C23H34N2. The van der Waals surface area contributed by atoms with E-state index in [0.29, 0.717) is 17.9 Å². The number of benzene rings is 1. The van der Waals surface area contributed by atoms with Gasteiger partial charge < -0.3 is 11.5 Å². The van der Waals surface area contributed by atoms with Gasteiger partial charge in [-0.3, -0.25) is 0 Å². The lowest BCUT2D eigenvalue weighted by Gasteiger charge is -2.35. The highest BCUT2D eigenvalue weighted by molar-refractivity contribution is 5.78. The first-order chi connectivity index (χ1) is 11.8. The number of rotatable bonds is 5. The highest BCUT2D eigenvalue weighted by atomic mass is 14.6. The summed E-state index contributed by atoms with van der Waals surface area (Å²) in [6, 6.07) is 6.10. The molecule has 1 saturated carbocycles. The molecule has 0 saturated heterocycles. The van der Waals surface area contributed by atoms with Crippen molar-refractivity contribution in [3.8, 4) is 0 Å². The standard InChI is InChI=1S/C23H34N2/c1-6-18(15-24)20(19-10-12-23(4,5)13-11-19)14-17(3)22-16(2)8-7-9-21(22)25/h6-9,14,19H,1,10-13,15,24-25H2,2-5H3/b17-14+,20-18-. The van der Waals surface area contributed by atoms with Crippen LogP contribution in [0.2, 0.25) is 0 Å². The third-order valence-electron chi connectivity index (χ3n) is 5.69. The van der Waals surface area contributed by atoms with Gasteiger partial charge in [0.1, 0.15) is 0 Å². The van der Waals surface area contributed by atoms with E-state index in [2.05, 4.69) is 46.4 Å². The Morgan fingerprint density at radius 2 is 1.92 bits per heavy atom. The average molecular weight is 339 g/mol. The highest BCUT2D eigenvalue weighted by Gasteiger charge is 2.29. The molecule has 136 valence electrons. The van der Waals surface area contributed by atoms with Crippen molar-refractivity contribution in [1.82, 2.24) is 0 Å². The van der Waals surface area contributed by atoms with E-state index in [1.165, 1.54) is 42.4 Å². The number of nitrogen functional groups attached to an aromatic ring is 1. The Balaban J connectivity index is 2.44. The molecule has 0 radical (unpaired) electrons. The van der Waals surface area contributed by atoms with Gasteiger partial charge in [-0.05, 0) is 79.2 Å². The zero-order chi connectivity index (χ0) is 18.6. The van der Waals surface area contributed by atoms with Crippen LogP contribution in [0.1, 0.15) is 57.6 Å². The number of hydrogen-bond donors (Lipinski definition) is 2. The number of allylic oxidation sites excluding steroid dienone is 3. The molecule has 0 heterocycles. The Morgan fingerprint density at radius 3 is 2.44 bits per heavy atom. The van der Waals surface area contributed by atoms with Crippen LogP contribution < -0.4 is 11.5 Å². The van der Waals surface area contributed by atoms with Gasteiger partial charge in [0.05, 0.1) is 0 Å². The Bertz CT molecular complexity index is 662. The average Bonchev–Trinajstić information content (AvgIpc) is 2.55. The Kier molecular flexibility index (Phi) is 6.29. The molecule has 0 aromatic heterocycles. The maximum Gasteiger partial charge on any atom is 0.0393 e. The van der Waals surface area contributed by atoms with Crippen LogP contribution >= 0.6 is 0 Å². The lowest BCUT2D eigenvalue weighted by Crippen LogP contribution is -2.23. The molecule has 0 amide bonds. The van der Waals surface area contributed by atoms with Gasteiger partial charge in [-0.15, -0.1) is 0 Å². The van der Waals surface area contributed by atoms with Crippen molar-refractivity contribution in [3.63, 3.8) is 0 Å². The fourth-order valence-electron chi connectivity index (χ4n) is 4.04. The van der Waals surface area contributed by atoms with E-state index < -0.39 is 0 Å². The molecule has 0 unspecified atom stereocenters. The Labute approximate surface area is 153 Å². The first kappa shape index (κ1) is 19.5. The molecule has 0 spiro atoms. The van der Waals surface area contributed by atoms with Crippen molar-refractivity contribution in [2.75, 3.05) is 12.3 Å². The number of hydrogen-bond acceptors (Lipinski definition) is 2. The van der Waals surface area contributed by atoms with Crippen LogP contribution in [-0.4, -0.2) is 6.54 Å². The maximum absolute atomic E-state index is 6.25. The molecule has 1 aromatic carbocycles. The van der Waals surface area contributed by atoms with Crippen molar-refractivity contribution in [2.45, 2.75) is 53.4 Å². The van der Waals surface area contributed by atoms with Crippen LogP contribution in [0.15, 0.2) is 48.1 Å². The third-order valence-corrected chi connectivity index (χ3v) is 5.69. The molecule has 1 aliphatic carbocycles. The smallest absolute Gasteiger partial charge is 0.0393 e. The van der Waals surface area contributed by atoms with E-state index in [0.717, 1.165) is 16.8 Å². The zero-order valence-corrected chi connectivity index (χ0v) is 16.4. The number of aryl methyl sites for hydroxylation is 1.